The summed E-state index contributed by atoms with van der Waals surface area (Å²) in [6, 6.07) is 12.6. The van der Waals surface area contributed by atoms with Crippen molar-refractivity contribution in [3.05, 3.63) is 52.7 Å². The predicted molar refractivity (Wildman–Crippen MR) is 101 cm³/mol. The van der Waals surface area contributed by atoms with E-state index < -0.39 is 0 Å². The van der Waals surface area contributed by atoms with Crippen molar-refractivity contribution in [2.45, 2.75) is 33.0 Å². The Labute approximate surface area is 152 Å². The summed E-state index contributed by atoms with van der Waals surface area (Å²) in [6.07, 6.45) is 0. The lowest BCUT2D eigenvalue weighted by molar-refractivity contribution is 0.241. The second-order valence-corrected chi connectivity index (χ2v) is 6.91. The molecule has 0 amide bonds. The molecule has 0 saturated heterocycles. The van der Waals surface area contributed by atoms with Crippen LogP contribution < -0.4 is 4.74 Å². The lowest BCUT2D eigenvalue weighted by Gasteiger charge is -2.16. The first-order chi connectivity index (χ1) is 12.0. The normalized spacial score (nSPS) is 11.6. The molecular formula is C19H23N3O2S. The van der Waals surface area contributed by atoms with Crippen molar-refractivity contribution in [2.24, 2.45) is 0 Å². The molecule has 0 bridgehead atoms. The van der Waals surface area contributed by atoms with E-state index in [9.17, 15) is 0 Å². The summed E-state index contributed by atoms with van der Waals surface area (Å²) >= 11 is 5.26. The van der Waals surface area contributed by atoms with Crippen LogP contribution in [0.5, 0.6) is 5.75 Å². The molecule has 1 heterocycles. The van der Waals surface area contributed by atoms with Crippen LogP contribution in [0.15, 0.2) is 40.8 Å². The summed E-state index contributed by atoms with van der Waals surface area (Å²) in [5.41, 5.74) is 1.24. The SMILES string of the molecule is COc1ccc2cc(CN(C)Cn3nc(C(C)C)oc3=S)ccc2c1. The molecule has 0 aliphatic rings. The third kappa shape index (κ3) is 4.08. The molecule has 132 valence electrons. The molecule has 3 aromatic rings. The van der Waals surface area contributed by atoms with E-state index >= 15 is 0 Å². The molecule has 6 heteroatoms. The molecule has 1 aromatic heterocycles. The average molecular weight is 357 g/mol. The first kappa shape index (κ1) is 17.6. The minimum atomic E-state index is 0.228. The number of hydrogen-bond acceptors (Lipinski definition) is 5. The monoisotopic (exact) mass is 357 g/mol. The summed E-state index contributed by atoms with van der Waals surface area (Å²) < 4.78 is 12.5. The molecule has 0 spiro atoms. The Hall–Kier alpha value is -2.18. The van der Waals surface area contributed by atoms with E-state index in [0.29, 0.717) is 17.4 Å². The Morgan fingerprint density at radius 2 is 1.92 bits per heavy atom. The molecule has 3 rings (SSSR count). The lowest BCUT2D eigenvalue weighted by atomic mass is 10.1. The van der Waals surface area contributed by atoms with Gasteiger partial charge in [0.25, 0.3) is 4.84 Å². The molecule has 0 atom stereocenters. The van der Waals surface area contributed by atoms with Crippen LogP contribution in [0.4, 0.5) is 0 Å². The molecule has 0 aliphatic carbocycles. The van der Waals surface area contributed by atoms with Gasteiger partial charge in [-0.1, -0.05) is 32.0 Å². The van der Waals surface area contributed by atoms with Crippen molar-refractivity contribution in [1.29, 1.82) is 0 Å². The Morgan fingerprint density at radius 1 is 1.20 bits per heavy atom. The van der Waals surface area contributed by atoms with E-state index in [2.05, 4.69) is 34.3 Å². The minimum absolute atomic E-state index is 0.228. The molecule has 0 aliphatic heterocycles. The van der Waals surface area contributed by atoms with Crippen LogP contribution in [0.2, 0.25) is 0 Å². The van der Waals surface area contributed by atoms with Gasteiger partial charge in [-0.25, -0.2) is 4.68 Å². The van der Waals surface area contributed by atoms with Crippen LogP contribution in [-0.4, -0.2) is 28.8 Å². The van der Waals surface area contributed by atoms with E-state index in [0.717, 1.165) is 12.3 Å². The van der Waals surface area contributed by atoms with Crippen LogP contribution in [0.3, 0.4) is 0 Å². The molecule has 25 heavy (non-hydrogen) atoms. The summed E-state index contributed by atoms with van der Waals surface area (Å²) in [5.74, 6) is 1.78. The van der Waals surface area contributed by atoms with E-state index in [4.69, 9.17) is 21.4 Å². The quantitative estimate of drug-likeness (QED) is 0.604. The first-order valence-corrected chi connectivity index (χ1v) is 8.70. The van der Waals surface area contributed by atoms with Gasteiger partial charge in [-0.2, -0.15) is 0 Å². The molecule has 0 N–H and O–H groups in total. The summed E-state index contributed by atoms with van der Waals surface area (Å²) in [4.78, 5) is 2.58. The second kappa shape index (κ2) is 7.37. The highest BCUT2D eigenvalue weighted by Crippen LogP contribution is 2.22. The fraction of sp³-hybridized carbons (Fsp3) is 0.368. The van der Waals surface area contributed by atoms with Crippen molar-refractivity contribution in [2.75, 3.05) is 14.2 Å². The molecule has 0 unspecified atom stereocenters. The second-order valence-electron chi connectivity index (χ2n) is 6.56. The van der Waals surface area contributed by atoms with Gasteiger partial charge in [-0.05, 0) is 53.8 Å². The molecule has 0 radical (unpaired) electrons. The zero-order valence-electron chi connectivity index (χ0n) is 15.0. The van der Waals surface area contributed by atoms with Crippen molar-refractivity contribution in [1.82, 2.24) is 14.7 Å². The Balaban J connectivity index is 1.73. The highest BCUT2D eigenvalue weighted by molar-refractivity contribution is 7.71. The van der Waals surface area contributed by atoms with Crippen LogP contribution in [0.1, 0.15) is 31.2 Å². The summed E-state index contributed by atoms with van der Waals surface area (Å²) in [7, 11) is 3.73. The highest BCUT2D eigenvalue weighted by Gasteiger charge is 2.11. The van der Waals surface area contributed by atoms with Crippen molar-refractivity contribution in [3.8, 4) is 5.75 Å². The van der Waals surface area contributed by atoms with Crippen LogP contribution in [0.25, 0.3) is 10.8 Å². The Kier molecular flexibility index (Phi) is 5.20. The maximum absolute atomic E-state index is 5.53. The summed E-state index contributed by atoms with van der Waals surface area (Å²) in [6.45, 7) is 5.47. The highest BCUT2D eigenvalue weighted by atomic mass is 32.1. The number of methoxy groups -OCH3 is 1. The number of benzene rings is 2. The van der Waals surface area contributed by atoms with Gasteiger partial charge < -0.3 is 9.15 Å². The average Bonchev–Trinajstić information content (AvgIpc) is 2.95. The van der Waals surface area contributed by atoms with Gasteiger partial charge in [-0.3, -0.25) is 4.90 Å². The lowest BCUT2D eigenvalue weighted by Crippen LogP contribution is -2.22. The first-order valence-electron chi connectivity index (χ1n) is 8.29. The topological polar surface area (TPSA) is 43.4 Å². The van der Waals surface area contributed by atoms with Gasteiger partial charge in [0.1, 0.15) is 5.75 Å². The maximum atomic E-state index is 5.53. The van der Waals surface area contributed by atoms with Gasteiger partial charge in [0.05, 0.1) is 13.8 Å². The number of fused-ring (bicyclic) bond motifs is 1. The zero-order valence-corrected chi connectivity index (χ0v) is 15.8. The molecule has 0 saturated carbocycles. The van der Waals surface area contributed by atoms with Crippen LogP contribution in [0, 0.1) is 4.84 Å². The number of hydrogen-bond donors (Lipinski definition) is 0. The van der Waals surface area contributed by atoms with Gasteiger partial charge in [0.2, 0.25) is 5.89 Å². The van der Waals surface area contributed by atoms with E-state index in [-0.39, 0.29) is 5.92 Å². The molecule has 5 nitrogen and oxygen atoms in total. The van der Waals surface area contributed by atoms with Crippen LogP contribution >= 0.6 is 12.2 Å². The molecule has 2 aromatic carbocycles. The van der Waals surface area contributed by atoms with Gasteiger partial charge >= 0.3 is 0 Å². The molecular weight excluding hydrogens is 334 g/mol. The third-order valence-electron chi connectivity index (χ3n) is 4.06. The maximum Gasteiger partial charge on any atom is 0.288 e. The van der Waals surface area contributed by atoms with Crippen molar-refractivity contribution >= 4 is 23.0 Å². The molecule has 0 fully saturated rings. The van der Waals surface area contributed by atoms with E-state index in [1.165, 1.54) is 16.3 Å². The largest absolute Gasteiger partial charge is 0.497 e. The minimum Gasteiger partial charge on any atom is -0.497 e. The van der Waals surface area contributed by atoms with E-state index in [1.54, 1.807) is 11.8 Å². The zero-order chi connectivity index (χ0) is 18.0. The van der Waals surface area contributed by atoms with Gasteiger partial charge in [-0.15, -0.1) is 5.10 Å². The van der Waals surface area contributed by atoms with Crippen molar-refractivity contribution in [3.63, 3.8) is 0 Å². The number of rotatable bonds is 6. The Morgan fingerprint density at radius 3 is 2.60 bits per heavy atom. The standard InChI is InChI=1S/C19H23N3O2S/c1-13(2)18-20-22(19(25)24-18)12-21(3)11-14-5-6-16-10-17(23-4)8-7-15(16)9-14/h5-10,13H,11-12H2,1-4H3. The van der Waals surface area contributed by atoms with Crippen LogP contribution in [-0.2, 0) is 13.2 Å². The third-order valence-corrected chi connectivity index (χ3v) is 4.35. The Bertz CT molecular complexity index is 930. The smallest absolute Gasteiger partial charge is 0.288 e. The van der Waals surface area contributed by atoms with E-state index in [1.807, 2.05) is 33.0 Å². The number of aromatic nitrogens is 2. The predicted octanol–water partition coefficient (Wildman–Crippen LogP) is 4.58. The fourth-order valence-corrected chi connectivity index (χ4v) is 2.92. The fourth-order valence-electron chi connectivity index (χ4n) is 2.73. The number of ether oxygens (including phenoxy) is 1. The van der Waals surface area contributed by atoms with Gasteiger partial charge in [0.15, 0.2) is 0 Å². The van der Waals surface area contributed by atoms with Gasteiger partial charge in [0, 0.05) is 12.5 Å². The van der Waals surface area contributed by atoms with Crippen molar-refractivity contribution < 1.29 is 9.15 Å². The summed E-state index contributed by atoms with van der Waals surface area (Å²) in [5, 5.41) is 6.82. The number of nitrogens with zero attached hydrogens (tertiary/aromatic N) is 3.